The van der Waals surface area contributed by atoms with Gasteiger partial charge >= 0.3 is 204 Å². The van der Waals surface area contributed by atoms with E-state index in [0.29, 0.717) is 11.1 Å². The monoisotopic (exact) mass is 498 g/mol. The van der Waals surface area contributed by atoms with Crippen LogP contribution < -0.4 is 0 Å². The average molecular weight is 498 g/mol. The van der Waals surface area contributed by atoms with Gasteiger partial charge in [0.15, 0.2) is 0 Å². The van der Waals surface area contributed by atoms with Crippen molar-refractivity contribution in [2.75, 3.05) is 0 Å². The molecule has 2 aliphatic carbocycles. The van der Waals surface area contributed by atoms with E-state index in [9.17, 15) is 16.2 Å². The second-order valence-corrected chi connectivity index (χ2v) is 11.8. The van der Waals surface area contributed by atoms with Gasteiger partial charge < -0.3 is 0 Å². The van der Waals surface area contributed by atoms with E-state index in [1.54, 1.807) is 36.4 Å². The van der Waals surface area contributed by atoms with Gasteiger partial charge in [-0.25, -0.2) is 0 Å². The summed E-state index contributed by atoms with van der Waals surface area (Å²) >= 11 is -6.33. The Labute approximate surface area is 203 Å². The molecular formula is C28H18O6Ti. The van der Waals surface area contributed by atoms with E-state index >= 15 is 0 Å². The topological polar surface area (TPSA) is 86.7 Å². The van der Waals surface area contributed by atoms with Gasteiger partial charge in [0.05, 0.1) is 0 Å². The maximum absolute atomic E-state index is 12.9. The summed E-state index contributed by atoms with van der Waals surface area (Å²) in [5.41, 5.74) is 3.22. The predicted molar refractivity (Wildman–Crippen MR) is 126 cm³/mol. The van der Waals surface area contributed by atoms with Crippen LogP contribution in [0.5, 0.6) is 0 Å². The van der Waals surface area contributed by atoms with Crippen LogP contribution in [0.15, 0.2) is 84.9 Å². The van der Waals surface area contributed by atoms with Crippen molar-refractivity contribution < 1.29 is 42.2 Å². The van der Waals surface area contributed by atoms with E-state index in [-0.39, 0.29) is 0 Å². The van der Waals surface area contributed by atoms with Gasteiger partial charge in [0, 0.05) is 0 Å². The van der Waals surface area contributed by atoms with Crippen LogP contribution in [0.2, 0.25) is 0 Å². The minimum absolute atomic E-state index is 0.666. The van der Waals surface area contributed by atoms with Gasteiger partial charge in [-0.05, 0) is 0 Å². The summed E-state index contributed by atoms with van der Waals surface area (Å²) in [5, 5.41) is 3.65. The van der Waals surface area contributed by atoms with Crippen molar-refractivity contribution in [2.45, 2.75) is 12.2 Å². The van der Waals surface area contributed by atoms with Crippen LogP contribution in [0, 0.1) is 0 Å². The zero-order valence-corrected chi connectivity index (χ0v) is 19.9. The summed E-state index contributed by atoms with van der Waals surface area (Å²) in [4.78, 5) is 25.4. The first-order chi connectivity index (χ1) is 16.9. The van der Waals surface area contributed by atoms with E-state index in [2.05, 4.69) is 0 Å². The van der Waals surface area contributed by atoms with E-state index in [1.807, 2.05) is 60.7 Å². The third-order valence-electron chi connectivity index (χ3n) is 6.46. The third kappa shape index (κ3) is 3.54. The standard InChI is InChI=1S/2C14H9O2.2O.Ti/c2*15-9-16-13-8-7-11-4-1-3-10-5-2-6-12(13)14(10)11;;;/h2*1-8,13H;;;. The van der Waals surface area contributed by atoms with Crippen molar-refractivity contribution in [3.63, 3.8) is 0 Å². The molecule has 4 aromatic rings. The van der Waals surface area contributed by atoms with Crippen LogP contribution in [0.4, 0.5) is 9.59 Å². The molecule has 0 amide bonds. The normalized spacial score (nSPS) is 17.5. The van der Waals surface area contributed by atoms with Crippen LogP contribution >= 0.6 is 0 Å². The summed E-state index contributed by atoms with van der Waals surface area (Å²) in [6.07, 6.45) is 4.94. The maximum atomic E-state index is 12.9. The van der Waals surface area contributed by atoms with E-state index in [0.717, 1.165) is 32.7 Å². The van der Waals surface area contributed by atoms with E-state index < -0.39 is 37.3 Å². The van der Waals surface area contributed by atoms with Gasteiger partial charge in [-0.15, -0.1) is 0 Å². The van der Waals surface area contributed by atoms with Crippen molar-refractivity contribution in [3.8, 4) is 0 Å². The number of carbonyl (C=O) groups excluding carboxylic acids is 2. The van der Waals surface area contributed by atoms with Crippen LogP contribution in [-0.4, -0.2) is 8.55 Å². The molecule has 0 spiro atoms. The fraction of sp³-hybridized carbons (Fsp3) is 0.0714. The Bertz CT molecular complexity index is 1580. The van der Waals surface area contributed by atoms with Crippen molar-refractivity contribution >= 4 is 42.2 Å². The van der Waals surface area contributed by atoms with Crippen LogP contribution in [0.3, 0.4) is 0 Å². The van der Waals surface area contributed by atoms with Crippen molar-refractivity contribution in [3.05, 3.63) is 107 Å². The van der Waals surface area contributed by atoms with Gasteiger partial charge in [-0.2, -0.15) is 0 Å². The summed E-state index contributed by atoms with van der Waals surface area (Å²) in [6.45, 7) is 0. The minimum atomic E-state index is -6.33. The molecule has 0 fully saturated rings. The molecule has 0 N–H and O–H groups in total. The Morgan fingerprint density at radius 1 is 0.600 bits per heavy atom. The molecule has 2 aliphatic rings. The molecule has 0 aromatic heterocycles. The molecule has 6 rings (SSSR count). The number of hydrogen-bond acceptors (Lipinski definition) is 6. The first-order valence-corrected chi connectivity index (χ1v) is 14.0. The quantitative estimate of drug-likeness (QED) is 0.283. The van der Waals surface area contributed by atoms with Gasteiger partial charge in [-0.3, -0.25) is 0 Å². The Balaban J connectivity index is 1.25. The Morgan fingerprint density at radius 2 is 1.00 bits per heavy atom. The Morgan fingerprint density at radius 3 is 1.43 bits per heavy atom. The molecule has 35 heavy (non-hydrogen) atoms. The number of carbonyl (C=O) groups is 2. The van der Waals surface area contributed by atoms with Crippen molar-refractivity contribution in [1.82, 2.24) is 0 Å². The predicted octanol–water partition coefficient (Wildman–Crippen LogP) is 6.95. The van der Waals surface area contributed by atoms with Crippen LogP contribution in [-0.2, 0) is 32.6 Å². The average Bonchev–Trinajstić information content (AvgIpc) is 2.87. The van der Waals surface area contributed by atoms with E-state index in [4.69, 9.17) is 9.47 Å². The fourth-order valence-corrected chi connectivity index (χ4v) is 5.96. The molecule has 6 nitrogen and oxygen atoms in total. The zero-order chi connectivity index (χ0) is 24.2. The SMILES string of the molecule is O=[C](OC1C=Cc2cccc3cccc1c23)[Ti](=[O])(=[O])[C](=O)OC1C=Cc2cccc3cccc1c23. The van der Waals surface area contributed by atoms with Crippen molar-refractivity contribution in [1.29, 1.82) is 0 Å². The van der Waals surface area contributed by atoms with Crippen LogP contribution in [0.25, 0.3) is 33.7 Å². The molecule has 0 radical (unpaired) electrons. The van der Waals surface area contributed by atoms with Gasteiger partial charge in [-0.1, -0.05) is 0 Å². The number of benzene rings is 4. The molecule has 0 saturated carbocycles. The fourth-order valence-electron chi connectivity index (χ4n) is 4.82. The molecule has 0 bridgehead atoms. The van der Waals surface area contributed by atoms with Crippen molar-refractivity contribution in [2.24, 2.45) is 0 Å². The molecular weight excluding hydrogens is 480 g/mol. The van der Waals surface area contributed by atoms with E-state index in [1.165, 1.54) is 0 Å². The summed E-state index contributed by atoms with van der Waals surface area (Å²) < 4.78 is 33.3. The van der Waals surface area contributed by atoms with Gasteiger partial charge in [0.25, 0.3) is 0 Å². The second-order valence-electron chi connectivity index (χ2n) is 8.57. The molecule has 0 saturated heterocycles. The van der Waals surface area contributed by atoms with Crippen LogP contribution in [0.1, 0.15) is 34.5 Å². The molecule has 7 heteroatoms. The Hall–Kier alpha value is -3.87. The van der Waals surface area contributed by atoms with Gasteiger partial charge in [0.1, 0.15) is 0 Å². The molecule has 2 unspecified atom stereocenters. The zero-order valence-electron chi connectivity index (χ0n) is 18.3. The second kappa shape index (κ2) is 8.12. The Kier molecular flexibility index (Phi) is 5.02. The molecule has 170 valence electrons. The summed E-state index contributed by atoms with van der Waals surface area (Å²) in [7, 11) is 0. The number of hydrogen-bond donors (Lipinski definition) is 0. The number of rotatable bonds is 4. The molecule has 0 heterocycles. The number of ether oxygens (including phenoxy) is 2. The first kappa shape index (κ1) is 21.7. The summed E-state index contributed by atoms with van der Waals surface area (Å²) in [5.74, 6) is 0. The molecule has 2 atom stereocenters. The first-order valence-electron chi connectivity index (χ1n) is 11.2. The summed E-state index contributed by atoms with van der Waals surface area (Å²) in [6, 6.07) is 22.6. The molecule has 0 aliphatic heterocycles. The van der Waals surface area contributed by atoms with Gasteiger partial charge in [0.2, 0.25) is 0 Å². The molecule has 4 aromatic carbocycles. The third-order valence-corrected chi connectivity index (χ3v) is 8.50.